The molecule has 114 valence electrons. The second kappa shape index (κ2) is 6.44. The lowest BCUT2D eigenvalue weighted by Crippen LogP contribution is -2.52. The monoisotopic (exact) mass is 380 g/mol. The van der Waals surface area contributed by atoms with Gasteiger partial charge in [-0.05, 0) is 41.4 Å². The average Bonchev–Trinajstić information content (AvgIpc) is 2.77. The van der Waals surface area contributed by atoms with Gasteiger partial charge in [-0.2, -0.15) is 0 Å². The molecule has 0 aliphatic carbocycles. The van der Waals surface area contributed by atoms with E-state index in [4.69, 9.17) is 5.73 Å². The summed E-state index contributed by atoms with van der Waals surface area (Å²) in [7, 11) is -2.90. The van der Waals surface area contributed by atoms with Crippen molar-refractivity contribution in [3.05, 3.63) is 20.8 Å². The Labute approximate surface area is 133 Å². The van der Waals surface area contributed by atoms with Crippen molar-refractivity contribution in [3.63, 3.8) is 0 Å². The van der Waals surface area contributed by atoms with Gasteiger partial charge in [0, 0.05) is 23.5 Å². The third-order valence-electron chi connectivity index (χ3n) is 3.84. The largest absolute Gasteiger partial charge is 0.326 e. The topological polar surface area (TPSA) is 63.4 Å². The molecule has 1 aliphatic heterocycles. The molecular formula is C13H21BrN2O2S2. The number of hydrogen-bond donors (Lipinski definition) is 1. The van der Waals surface area contributed by atoms with E-state index >= 15 is 0 Å². The highest BCUT2D eigenvalue weighted by Gasteiger charge is 2.36. The summed E-state index contributed by atoms with van der Waals surface area (Å²) < 4.78 is 24.6. The summed E-state index contributed by atoms with van der Waals surface area (Å²) in [4.78, 5) is 3.46. The summed E-state index contributed by atoms with van der Waals surface area (Å²) in [5, 5.41) is 0. The van der Waals surface area contributed by atoms with Crippen molar-refractivity contribution in [1.82, 2.24) is 4.90 Å². The fraction of sp³-hybridized carbons (Fsp3) is 0.692. The first kappa shape index (κ1) is 16.4. The molecule has 0 radical (unpaired) electrons. The molecule has 0 spiro atoms. The molecule has 1 aromatic rings. The third kappa shape index (κ3) is 3.62. The molecule has 2 rings (SSSR count). The van der Waals surface area contributed by atoms with E-state index in [2.05, 4.69) is 33.8 Å². The van der Waals surface area contributed by atoms with Crippen molar-refractivity contribution in [2.75, 3.05) is 18.1 Å². The van der Waals surface area contributed by atoms with Crippen molar-refractivity contribution < 1.29 is 8.42 Å². The van der Waals surface area contributed by atoms with Crippen LogP contribution in [0.2, 0.25) is 0 Å². The minimum atomic E-state index is -2.90. The van der Waals surface area contributed by atoms with Crippen LogP contribution in [0.3, 0.4) is 0 Å². The molecule has 0 amide bonds. The van der Waals surface area contributed by atoms with Crippen molar-refractivity contribution in [1.29, 1.82) is 0 Å². The van der Waals surface area contributed by atoms with E-state index in [0.717, 1.165) is 10.2 Å². The first-order valence-electron chi connectivity index (χ1n) is 6.81. The zero-order valence-electron chi connectivity index (χ0n) is 11.8. The van der Waals surface area contributed by atoms with Gasteiger partial charge in [0.1, 0.15) is 0 Å². The molecule has 0 aromatic carbocycles. The summed E-state index contributed by atoms with van der Waals surface area (Å²) in [6, 6.07) is 4.24. The summed E-state index contributed by atoms with van der Waals surface area (Å²) in [6.07, 6.45) is 0.871. The van der Waals surface area contributed by atoms with Crippen LogP contribution in [-0.4, -0.2) is 43.5 Å². The van der Waals surface area contributed by atoms with Crippen LogP contribution in [-0.2, 0) is 9.84 Å². The van der Waals surface area contributed by atoms with E-state index in [1.54, 1.807) is 11.3 Å². The normalized spacial score (nSPS) is 26.3. The van der Waals surface area contributed by atoms with Crippen molar-refractivity contribution >= 4 is 37.1 Å². The molecule has 1 aromatic heterocycles. The van der Waals surface area contributed by atoms with Gasteiger partial charge in [-0.25, -0.2) is 8.42 Å². The van der Waals surface area contributed by atoms with Gasteiger partial charge in [0.15, 0.2) is 9.84 Å². The van der Waals surface area contributed by atoms with E-state index in [1.807, 2.05) is 13.0 Å². The van der Waals surface area contributed by atoms with Crippen LogP contribution >= 0.6 is 27.3 Å². The van der Waals surface area contributed by atoms with E-state index in [1.165, 1.54) is 4.88 Å². The number of halogens is 1. The summed E-state index contributed by atoms with van der Waals surface area (Å²) >= 11 is 5.17. The first-order chi connectivity index (χ1) is 9.34. The van der Waals surface area contributed by atoms with E-state index in [-0.39, 0.29) is 29.6 Å². The number of hydrogen-bond acceptors (Lipinski definition) is 5. The van der Waals surface area contributed by atoms with Crippen molar-refractivity contribution in [3.8, 4) is 0 Å². The minimum absolute atomic E-state index is 0.0113. The van der Waals surface area contributed by atoms with Gasteiger partial charge in [0.25, 0.3) is 0 Å². The van der Waals surface area contributed by atoms with E-state index in [9.17, 15) is 8.42 Å². The Hall–Kier alpha value is 0.0500. The number of sulfone groups is 1. The second-order valence-corrected chi connectivity index (χ2v) is 10.1. The van der Waals surface area contributed by atoms with Crippen LogP contribution < -0.4 is 5.73 Å². The summed E-state index contributed by atoms with van der Waals surface area (Å²) in [5.41, 5.74) is 6.32. The van der Waals surface area contributed by atoms with Crippen LogP contribution in [0, 0.1) is 0 Å². The van der Waals surface area contributed by atoms with Gasteiger partial charge < -0.3 is 5.73 Å². The van der Waals surface area contributed by atoms with Gasteiger partial charge in [-0.1, -0.05) is 6.92 Å². The molecule has 3 unspecified atom stereocenters. The molecule has 1 fully saturated rings. The van der Waals surface area contributed by atoms with Crippen LogP contribution in [0.5, 0.6) is 0 Å². The molecule has 2 heterocycles. The lowest BCUT2D eigenvalue weighted by Gasteiger charge is -2.41. The maximum atomic E-state index is 11.7. The smallest absolute Gasteiger partial charge is 0.153 e. The fourth-order valence-electron chi connectivity index (χ4n) is 2.76. The number of nitrogens with two attached hydrogens (primary N) is 1. The van der Waals surface area contributed by atoms with Gasteiger partial charge in [0.2, 0.25) is 0 Å². The standard InChI is InChI=1S/C13H21BrN2O2S2/c1-3-10(15)13(11-4-5-12(14)19-11)16-6-7-20(17,18)8-9(16)2/h4-5,9-10,13H,3,6-8,15H2,1-2H3. The van der Waals surface area contributed by atoms with Gasteiger partial charge in [0.05, 0.1) is 21.3 Å². The first-order valence-corrected chi connectivity index (χ1v) is 10.2. The molecule has 1 aliphatic rings. The predicted molar refractivity (Wildman–Crippen MR) is 87.8 cm³/mol. The predicted octanol–water partition coefficient (Wildman–Crippen LogP) is 2.41. The molecule has 1 saturated heterocycles. The maximum Gasteiger partial charge on any atom is 0.153 e. The summed E-state index contributed by atoms with van der Waals surface area (Å²) in [6.45, 7) is 4.62. The van der Waals surface area contributed by atoms with E-state index in [0.29, 0.717) is 6.54 Å². The Morgan fingerprint density at radius 1 is 1.55 bits per heavy atom. The van der Waals surface area contributed by atoms with Crippen molar-refractivity contribution in [2.24, 2.45) is 5.73 Å². The summed E-state index contributed by atoms with van der Waals surface area (Å²) in [5.74, 6) is 0.462. The highest BCUT2D eigenvalue weighted by atomic mass is 79.9. The number of thiophene rings is 1. The maximum absolute atomic E-state index is 11.7. The SMILES string of the molecule is CCC(N)C(c1ccc(Br)s1)N1CCS(=O)(=O)CC1C. The molecule has 20 heavy (non-hydrogen) atoms. The van der Waals surface area contributed by atoms with Crippen LogP contribution in [0.15, 0.2) is 15.9 Å². The van der Waals surface area contributed by atoms with Crippen LogP contribution in [0.4, 0.5) is 0 Å². The lowest BCUT2D eigenvalue weighted by molar-refractivity contribution is 0.136. The molecule has 3 atom stereocenters. The van der Waals surface area contributed by atoms with Crippen molar-refractivity contribution in [2.45, 2.75) is 38.4 Å². The lowest BCUT2D eigenvalue weighted by atomic mass is 10.0. The third-order valence-corrected chi connectivity index (χ3v) is 7.33. The molecule has 0 saturated carbocycles. The van der Waals surface area contributed by atoms with Crippen LogP contribution in [0.25, 0.3) is 0 Å². The highest BCUT2D eigenvalue weighted by Crippen LogP contribution is 2.35. The highest BCUT2D eigenvalue weighted by molar-refractivity contribution is 9.11. The number of rotatable bonds is 4. The zero-order valence-corrected chi connectivity index (χ0v) is 15.0. The fourth-order valence-corrected chi connectivity index (χ4v) is 5.96. The number of nitrogens with zero attached hydrogens (tertiary/aromatic N) is 1. The average molecular weight is 381 g/mol. The minimum Gasteiger partial charge on any atom is -0.326 e. The van der Waals surface area contributed by atoms with Crippen LogP contribution in [0.1, 0.15) is 31.2 Å². The van der Waals surface area contributed by atoms with Gasteiger partial charge in [-0.15, -0.1) is 11.3 Å². The van der Waals surface area contributed by atoms with Gasteiger partial charge >= 0.3 is 0 Å². The molecule has 7 heteroatoms. The molecule has 2 N–H and O–H groups in total. The molecule has 4 nitrogen and oxygen atoms in total. The van der Waals surface area contributed by atoms with Gasteiger partial charge in [-0.3, -0.25) is 4.90 Å². The van der Waals surface area contributed by atoms with E-state index < -0.39 is 9.84 Å². The molecular weight excluding hydrogens is 360 g/mol. The zero-order chi connectivity index (χ0) is 14.9. The Morgan fingerprint density at radius 2 is 2.25 bits per heavy atom. The Balaban J connectivity index is 2.28. The molecule has 0 bridgehead atoms. The Bertz CT molecular complexity index is 558. The Kier molecular flexibility index (Phi) is 5.29. The quantitative estimate of drug-likeness (QED) is 0.870. The second-order valence-electron chi connectivity index (χ2n) is 5.36. The Morgan fingerprint density at radius 3 is 2.75 bits per heavy atom.